The van der Waals surface area contributed by atoms with E-state index in [9.17, 15) is 8.42 Å². The Kier molecular flexibility index (Phi) is 5.26. The molecule has 0 fully saturated rings. The van der Waals surface area contributed by atoms with Crippen LogP contribution in [0.1, 0.15) is 12.5 Å². The molecular formula is C16H20N2O3S. The summed E-state index contributed by atoms with van der Waals surface area (Å²) < 4.78 is 29.9. The Morgan fingerprint density at radius 1 is 1.36 bits per heavy atom. The van der Waals surface area contributed by atoms with E-state index in [1.165, 1.54) is 7.11 Å². The van der Waals surface area contributed by atoms with Gasteiger partial charge in [-0.1, -0.05) is 18.2 Å². The average molecular weight is 320 g/mol. The fourth-order valence-electron chi connectivity index (χ4n) is 2.26. The lowest BCUT2D eigenvalue weighted by atomic mass is 10.2. The smallest absolute Gasteiger partial charge is 0.156 e. The third-order valence-electron chi connectivity index (χ3n) is 3.61. The molecule has 6 heteroatoms. The zero-order valence-corrected chi connectivity index (χ0v) is 13.6. The van der Waals surface area contributed by atoms with Crippen molar-refractivity contribution in [1.82, 2.24) is 4.98 Å². The van der Waals surface area contributed by atoms with Crippen LogP contribution in [0.5, 0.6) is 0 Å². The van der Waals surface area contributed by atoms with E-state index in [-0.39, 0.29) is 17.6 Å². The van der Waals surface area contributed by atoms with Crippen LogP contribution >= 0.6 is 0 Å². The largest absolute Gasteiger partial charge is 0.379 e. The highest BCUT2D eigenvalue weighted by Crippen LogP contribution is 2.16. The number of rotatable bonds is 7. The molecule has 2 atom stereocenters. The summed E-state index contributed by atoms with van der Waals surface area (Å²) in [5, 5.41) is 0.929. The lowest BCUT2D eigenvalue weighted by Gasteiger charge is -2.18. The molecule has 0 aliphatic heterocycles. The molecule has 2 rings (SSSR count). The van der Waals surface area contributed by atoms with E-state index in [2.05, 4.69) is 16.7 Å². The van der Waals surface area contributed by atoms with E-state index in [1.54, 1.807) is 13.1 Å². The van der Waals surface area contributed by atoms with Crippen molar-refractivity contribution in [2.24, 2.45) is 4.99 Å². The molecule has 0 saturated carbocycles. The number of fused-ring (bicyclic) bond motifs is 1. The van der Waals surface area contributed by atoms with Gasteiger partial charge in [0.15, 0.2) is 9.84 Å². The van der Waals surface area contributed by atoms with Gasteiger partial charge in [-0.25, -0.2) is 8.42 Å². The molecule has 1 heterocycles. The van der Waals surface area contributed by atoms with Gasteiger partial charge < -0.3 is 4.74 Å². The number of benzene rings is 1. The van der Waals surface area contributed by atoms with Gasteiger partial charge in [0.05, 0.1) is 29.2 Å². The van der Waals surface area contributed by atoms with Crippen LogP contribution in [0.2, 0.25) is 0 Å². The van der Waals surface area contributed by atoms with Crippen molar-refractivity contribution in [2.75, 3.05) is 12.9 Å². The number of aromatic nitrogens is 1. The molecule has 1 aromatic carbocycles. The molecule has 5 nitrogen and oxygen atoms in total. The Balaban J connectivity index is 2.17. The van der Waals surface area contributed by atoms with Gasteiger partial charge in [0.25, 0.3) is 0 Å². The fraction of sp³-hybridized carbons (Fsp3) is 0.375. The predicted octanol–water partition coefficient (Wildman–Crippen LogP) is 2.25. The Morgan fingerprint density at radius 2 is 2.09 bits per heavy atom. The highest BCUT2D eigenvalue weighted by molar-refractivity contribution is 7.90. The van der Waals surface area contributed by atoms with Crippen molar-refractivity contribution in [3.63, 3.8) is 0 Å². The lowest BCUT2D eigenvalue weighted by Crippen LogP contribution is -2.31. The van der Waals surface area contributed by atoms with Gasteiger partial charge in [0.2, 0.25) is 0 Å². The van der Waals surface area contributed by atoms with Gasteiger partial charge in [-0.15, -0.1) is 0 Å². The van der Waals surface area contributed by atoms with E-state index >= 15 is 0 Å². The predicted molar refractivity (Wildman–Crippen MR) is 89.0 cm³/mol. The molecule has 0 aliphatic carbocycles. The van der Waals surface area contributed by atoms with Crippen LogP contribution in [0.25, 0.3) is 10.9 Å². The van der Waals surface area contributed by atoms with Crippen molar-refractivity contribution in [3.8, 4) is 0 Å². The number of para-hydroxylation sites is 1. The summed E-state index contributed by atoms with van der Waals surface area (Å²) in [5.74, 6) is -0.147. The molecule has 0 unspecified atom stereocenters. The third-order valence-corrected chi connectivity index (χ3v) is 5.23. The zero-order valence-electron chi connectivity index (χ0n) is 12.8. The zero-order chi connectivity index (χ0) is 16.2. The summed E-state index contributed by atoms with van der Waals surface area (Å²) in [6.07, 6.45) is 1.32. The SMILES string of the molecule is C=N[C@H](CS(=O)(=O)Cc1cnc2ccccc2c1)[C@@H](C)OC. The number of aliphatic imine (C=N–C) groups is 1. The molecule has 0 aliphatic rings. The summed E-state index contributed by atoms with van der Waals surface area (Å²) in [4.78, 5) is 8.16. The summed E-state index contributed by atoms with van der Waals surface area (Å²) in [7, 11) is -1.79. The van der Waals surface area contributed by atoms with Crippen molar-refractivity contribution < 1.29 is 13.2 Å². The van der Waals surface area contributed by atoms with E-state index in [0.29, 0.717) is 5.56 Å². The first-order valence-electron chi connectivity index (χ1n) is 6.98. The minimum Gasteiger partial charge on any atom is -0.379 e. The Labute approximate surface area is 131 Å². The van der Waals surface area contributed by atoms with Gasteiger partial charge in [0.1, 0.15) is 0 Å². The molecule has 0 saturated heterocycles. The quantitative estimate of drug-likeness (QED) is 0.734. The summed E-state index contributed by atoms with van der Waals surface area (Å²) in [5.41, 5.74) is 1.52. The van der Waals surface area contributed by atoms with Gasteiger partial charge in [-0.2, -0.15) is 0 Å². The second-order valence-corrected chi connectivity index (χ2v) is 7.39. The van der Waals surface area contributed by atoms with Crippen molar-refractivity contribution in [1.29, 1.82) is 0 Å². The number of hydrogen-bond donors (Lipinski definition) is 0. The average Bonchev–Trinajstić information content (AvgIpc) is 2.51. The Hall–Kier alpha value is -1.79. The van der Waals surface area contributed by atoms with Crippen LogP contribution in [-0.4, -0.2) is 45.1 Å². The maximum absolute atomic E-state index is 12.4. The van der Waals surface area contributed by atoms with Gasteiger partial charge in [0, 0.05) is 18.7 Å². The molecule has 0 radical (unpaired) electrons. The number of methoxy groups -OCH3 is 1. The van der Waals surface area contributed by atoms with Gasteiger partial charge >= 0.3 is 0 Å². The second-order valence-electron chi connectivity index (χ2n) is 5.28. The fourth-order valence-corrected chi connectivity index (χ4v) is 3.94. The number of pyridine rings is 1. The normalized spacial score (nSPS) is 14.6. The van der Waals surface area contributed by atoms with Crippen LogP contribution in [-0.2, 0) is 20.3 Å². The van der Waals surface area contributed by atoms with Crippen molar-refractivity contribution in [3.05, 3.63) is 42.1 Å². The first-order chi connectivity index (χ1) is 10.4. The van der Waals surface area contributed by atoms with Gasteiger partial charge in [-0.3, -0.25) is 9.98 Å². The second kappa shape index (κ2) is 6.98. The van der Waals surface area contributed by atoms with E-state index in [1.807, 2.05) is 30.3 Å². The number of hydrogen-bond acceptors (Lipinski definition) is 5. The van der Waals surface area contributed by atoms with Crippen LogP contribution < -0.4 is 0 Å². The number of ether oxygens (including phenoxy) is 1. The van der Waals surface area contributed by atoms with E-state index in [0.717, 1.165) is 10.9 Å². The van der Waals surface area contributed by atoms with Crippen LogP contribution in [0, 0.1) is 0 Å². The highest BCUT2D eigenvalue weighted by atomic mass is 32.2. The molecule has 0 bridgehead atoms. The topological polar surface area (TPSA) is 68.6 Å². The van der Waals surface area contributed by atoms with E-state index < -0.39 is 15.9 Å². The highest BCUT2D eigenvalue weighted by Gasteiger charge is 2.23. The molecule has 1 aromatic heterocycles. The van der Waals surface area contributed by atoms with Crippen LogP contribution in [0.15, 0.2) is 41.5 Å². The van der Waals surface area contributed by atoms with Crippen molar-refractivity contribution in [2.45, 2.75) is 24.8 Å². The molecule has 118 valence electrons. The molecule has 2 aromatic rings. The molecule has 22 heavy (non-hydrogen) atoms. The maximum atomic E-state index is 12.4. The van der Waals surface area contributed by atoms with Crippen LogP contribution in [0.4, 0.5) is 0 Å². The first-order valence-corrected chi connectivity index (χ1v) is 8.80. The molecule has 0 amide bonds. The monoisotopic (exact) mass is 320 g/mol. The molecule has 0 spiro atoms. The van der Waals surface area contributed by atoms with Crippen molar-refractivity contribution >= 4 is 27.5 Å². The molecular weight excluding hydrogens is 300 g/mol. The first kappa shape index (κ1) is 16.6. The van der Waals surface area contributed by atoms with Crippen LogP contribution in [0.3, 0.4) is 0 Å². The Bertz CT molecular complexity index is 759. The maximum Gasteiger partial charge on any atom is 0.156 e. The minimum absolute atomic E-state index is 0.0622. The number of nitrogens with zero attached hydrogens (tertiary/aromatic N) is 2. The molecule has 0 N–H and O–H groups in total. The summed E-state index contributed by atoms with van der Waals surface area (Å²) >= 11 is 0. The number of sulfone groups is 1. The third kappa shape index (κ3) is 4.11. The summed E-state index contributed by atoms with van der Waals surface area (Å²) in [6, 6.07) is 9.00. The summed E-state index contributed by atoms with van der Waals surface area (Å²) in [6.45, 7) is 5.24. The minimum atomic E-state index is -3.32. The lowest BCUT2D eigenvalue weighted by molar-refractivity contribution is 0.102. The van der Waals surface area contributed by atoms with Gasteiger partial charge in [-0.05, 0) is 31.3 Å². The van der Waals surface area contributed by atoms with E-state index in [4.69, 9.17) is 4.74 Å². The standard InChI is InChI=1S/C16H20N2O3S/c1-12(21-3)16(17-2)11-22(19,20)10-13-8-14-6-4-5-7-15(14)18-9-13/h4-9,12,16H,2,10-11H2,1,3H3/t12-,16-/m1/s1. The Morgan fingerprint density at radius 3 is 2.77 bits per heavy atom.